The molecule has 20 heavy (non-hydrogen) atoms. The number of aliphatic hydroxyl groups excluding tert-OH is 1. The van der Waals surface area contributed by atoms with Gasteiger partial charge in [-0.2, -0.15) is 0 Å². The van der Waals surface area contributed by atoms with E-state index in [-0.39, 0.29) is 18.3 Å². The Hall–Kier alpha value is -1.37. The summed E-state index contributed by atoms with van der Waals surface area (Å²) < 4.78 is 0. The van der Waals surface area contributed by atoms with Crippen molar-refractivity contribution in [1.82, 2.24) is 14.8 Å². The Morgan fingerprint density at radius 1 is 1.40 bits per heavy atom. The first-order valence-electron chi connectivity index (χ1n) is 6.65. The van der Waals surface area contributed by atoms with E-state index in [1.54, 1.807) is 4.90 Å². The van der Waals surface area contributed by atoms with Gasteiger partial charge in [-0.1, -0.05) is 11.6 Å². The van der Waals surface area contributed by atoms with Gasteiger partial charge in [-0.25, -0.2) is 4.98 Å². The first kappa shape index (κ1) is 15.0. The van der Waals surface area contributed by atoms with Gasteiger partial charge in [0.25, 0.3) is 5.91 Å². The highest BCUT2D eigenvalue weighted by Crippen LogP contribution is 2.19. The molecule has 1 aliphatic heterocycles. The molecule has 1 fully saturated rings. The smallest absolute Gasteiger partial charge is 0.255 e. The highest BCUT2D eigenvalue weighted by molar-refractivity contribution is 6.33. The number of carbonyl (C=O) groups excluding carboxylic acids is 1. The molecule has 0 radical (unpaired) electrons. The summed E-state index contributed by atoms with van der Waals surface area (Å²) in [6.45, 7) is 3.73. The highest BCUT2D eigenvalue weighted by atomic mass is 35.5. The van der Waals surface area contributed by atoms with Crippen LogP contribution in [0.3, 0.4) is 0 Å². The molecule has 1 aliphatic rings. The fourth-order valence-electron chi connectivity index (χ4n) is 2.33. The number of carbonyl (C=O) groups is 1. The first-order chi connectivity index (χ1) is 9.61. The van der Waals surface area contributed by atoms with Crippen LogP contribution < -0.4 is 5.73 Å². The van der Waals surface area contributed by atoms with Crippen molar-refractivity contribution in [2.24, 2.45) is 0 Å². The molecule has 0 atom stereocenters. The largest absolute Gasteiger partial charge is 0.395 e. The molecule has 0 spiro atoms. The van der Waals surface area contributed by atoms with Crippen LogP contribution in [-0.4, -0.2) is 65.1 Å². The van der Waals surface area contributed by atoms with Gasteiger partial charge in [0.15, 0.2) is 0 Å². The molecule has 3 N–H and O–H groups in total. The maximum Gasteiger partial charge on any atom is 0.255 e. The summed E-state index contributed by atoms with van der Waals surface area (Å²) in [4.78, 5) is 20.3. The van der Waals surface area contributed by atoms with E-state index in [0.717, 1.165) is 19.5 Å². The molecule has 7 heteroatoms. The lowest BCUT2D eigenvalue weighted by Crippen LogP contribution is -2.36. The number of aliphatic hydroxyl groups is 1. The van der Waals surface area contributed by atoms with E-state index < -0.39 is 0 Å². The predicted molar refractivity (Wildman–Crippen MR) is 77.7 cm³/mol. The fourth-order valence-corrected chi connectivity index (χ4v) is 2.51. The molecule has 0 aliphatic carbocycles. The molecule has 6 nitrogen and oxygen atoms in total. The molecule has 0 saturated carbocycles. The van der Waals surface area contributed by atoms with Gasteiger partial charge < -0.3 is 15.7 Å². The zero-order valence-corrected chi connectivity index (χ0v) is 12.0. The van der Waals surface area contributed by atoms with E-state index in [4.69, 9.17) is 22.4 Å². The molecule has 0 bridgehead atoms. The van der Waals surface area contributed by atoms with Crippen LogP contribution in [-0.2, 0) is 0 Å². The molecule has 1 aromatic heterocycles. The molecule has 2 rings (SSSR count). The van der Waals surface area contributed by atoms with Gasteiger partial charge in [-0.15, -0.1) is 0 Å². The number of aromatic nitrogens is 1. The second-order valence-corrected chi connectivity index (χ2v) is 5.21. The number of halogens is 1. The summed E-state index contributed by atoms with van der Waals surface area (Å²) in [7, 11) is 0. The average Bonchev–Trinajstić information content (AvgIpc) is 2.67. The molecule has 0 unspecified atom stereocenters. The van der Waals surface area contributed by atoms with Gasteiger partial charge in [-0.3, -0.25) is 9.69 Å². The minimum Gasteiger partial charge on any atom is -0.395 e. The number of amides is 1. The van der Waals surface area contributed by atoms with Gasteiger partial charge in [0, 0.05) is 32.4 Å². The maximum absolute atomic E-state index is 12.5. The van der Waals surface area contributed by atoms with Crippen molar-refractivity contribution in [3.63, 3.8) is 0 Å². The topological polar surface area (TPSA) is 82.7 Å². The van der Waals surface area contributed by atoms with Crippen molar-refractivity contribution in [2.45, 2.75) is 6.42 Å². The van der Waals surface area contributed by atoms with Gasteiger partial charge in [0.2, 0.25) is 0 Å². The zero-order chi connectivity index (χ0) is 14.5. The van der Waals surface area contributed by atoms with Crippen molar-refractivity contribution in [3.8, 4) is 0 Å². The van der Waals surface area contributed by atoms with Crippen LogP contribution in [0, 0.1) is 0 Å². The van der Waals surface area contributed by atoms with Crippen molar-refractivity contribution in [1.29, 1.82) is 0 Å². The molecule has 0 aromatic carbocycles. The second-order valence-electron chi connectivity index (χ2n) is 4.80. The maximum atomic E-state index is 12.5. The van der Waals surface area contributed by atoms with Crippen LogP contribution in [0.1, 0.15) is 16.8 Å². The second kappa shape index (κ2) is 6.88. The summed E-state index contributed by atoms with van der Waals surface area (Å²) in [6, 6.07) is 1.51. The lowest BCUT2D eigenvalue weighted by atomic mass is 10.2. The van der Waals surface area contributed by atoms with Gasteiger partial charge in [-0.05, 0) is 19.0 Å². The quantitative estimate of drug-likeness (QED) is 0.847. The lowest BCUT2D eigenvalue weighted by Gasteiger charge is -2.22. The van der Waals surface area contributed by atoms with Gasteiger partial charge in [0.05, 0.1) is 17.2 Å². The number of nitrogens with two attached hydrogens (primary N) is 1. The summed E-state index contributed by atoms with van der Waals surface area (Å²) >= 11 is 6.02. The van der Waals surface area contributed by atoms with Crippen LogP contribution in [0.4, 0.5) is 5.82 Å². The van der Waals surface area contributed by atoms with E-state index in [9.17, 15) is 4.79 Å². The molecule has 2 heterocycles. The Morgan fingerprint density at radius 2 is 2.20 bits per heavy atom. The number of rotatable bonds is 3. The van der Waals surface area contributed by atoms with E-state index in [1.807, 2.05) is 0 Å². The molecular formula is C13H19ClN4O2. The summed E-state index contributed by atoms with van der Waals surface area (Å²) in [5.74, 6) is 0.171. The van der Waals surface area contributed by atoms with Crippen LogP contribution >= 0.6 is 11.6 Å². The minimum atomic E-state index is -0.116. The highest BCUT2D eigenvalue weighted by Gasteiger charge is 2.22. The number of nitrogen functional groups attached to an aromatic ring is 1. The SMILES string of the molecule is Nc1cc(C(=O)N2CCCN(CCO)CC2)c(Cl)cn1. The van der Waals surface area contributed by atoms with Crippen LogP contribution in [0.2, 0.25) is 5.02 Å². The Balaban J connectivity index is 2.07. The zero-order valence-electron chi connectivity index (χ0n) is 11.3. The molecule has 1 aromatic rings. The van der Waals surface area contributed by atoms with Crippen molar-refractivity contribution < 1.29 is 9.90 Å². The summed E-state index contributed by atoms with van der Waals surface area (Å²) in [5.41, 5.74) is 6.01. The van der Waals surface area contributed by atoms with Gasteiger partial charge in [0.1, 0.15) is 5.82 Å². The van der Waals surface area contributed by atoms with E-state index in [0.29, 0.717) is 30.2 Å². The van der Waals surface area contributed by atoms with Crippen molar-refractivity contribution in [3.05, 3.63) is 22.8 Å². The Kier molecular flexibility index (Phi) is 5.17. The van der Waals surface area contributed by atoms with E-state index >= 15 is 0 Å². The Morgan fingerprint density at radius 3 is 2.95 bits per heavy atom. The minimum absolute atomic E-state index is 0.116. The van der Waals surface area contributed by atoms with Crippen molar-refractivity contribution in [2.75, 3.05) is 45.1 Å². The number of hydrogen-bond acceptors (Lipinski definition) is 5. The first-order valence-corrected chi connectivity index (χ1v) is 7.03. The summed E-state index contributed by atoms with van der Waals surface area (Å²) in [5, 5.41) is 9.29. The molecule has 110 valence electrons. The standard InChI is InChI=1S/C13H19ClN4O2/c14-11-9-16-12(15)8-10(11)13(20)18-3-1-2-17(4-5-18)6-7-19/h8-9,19H,1-7H2,(H2,15,16). The number of anilines is 1. The molecule has 1 amide bonds. The van der Waals surface area contributed by atoms with E-state index in [1.165, 1.54) is 12.3 Å². The lowest BCUT2D eigenvalue weighted by molar-refractivity contribution is 0.0760. The number of β-amino-alcohol motifs (C(OH)–C–C–N with tert-alkyl or cyclic N) is 1. The monoisotopic (exact) mass is 298 g/mol. The van der Waals surface area contributed by atoms with E-state index in [2.05, 4.69) is 9.88 Å². The van der Waals surface area contributed by atoms with Crippen LogP contribution in [0.15, 0.2) is 12.3 Å². The third-order valence-corrected chi connectivity index (χ3v) is 3.70. The Bertz CT molecular complexity index is 483. The fraction of sp³-hybridized carbons (Fsp3) is 0.538. The Labute approximate surface area is 123 Å². The third kappa shape index (κ3) is 3.59. The molecule has 1 saturated heterocycles. The average molecular weight is 299 g/mol. The molecular weight excluding hydrogens is 280 g/mol. The third-order valence-electron chi connectivity index (χ3n) is 3.40. The number of nitrogens with zero attached hydrogens (tertiary/aromatic N) is 3. The normalized spacial score (nSPS) is 17.0. The predicted octanol–water partition coefficient (Wildman–Crippen LogP) is 0.457. The number of hydrogen-bond donors (Lipinski definition) is 2. The van der Waals surface area contributed by atoms with Crippen LogP contribution in [0.5, 0.6) is 0 Å². The van der Waals surface area contributed by atoms with Crippen molar-refractivity contribution >= 4 is 23.3 Å². The van der Waals surface area contributed by atoms with Crippen LogP contribution in [0.25, 0.3) is 0 Å². The summed E-state index contributed by atoms with van der Waals surface area (Å²) in [6.07, 6.45) is 2.28. The number of pyridine rings is 1. The van der Waals surface area contributed by atoms with Gasteiger partial charge >= 0.3 is 0 Å².